The van der Waals surface area contributed by atoms with Crippen LogP contribution < -0.4 is 19.7 Å². The van der Waals surface area contributed by atoms with Gasteiger partial charge in [0.25, 0.3) is 0 Å². The molecule has 4 rings (SSSR count). The molecule has 0 aliphatic carbocycles. The molecule has 0 unspecified atom stereocenters. The van der Waals surface area contributed by atoms with Crippen LogP contribution in [-0.2, 0) is 20.9 Å². The molecule has 2 heterocycles. The monoisotopic (exact) mass is 525 g/mol. The van der Waals surface area contributed by atoms with Crippen LogP contribution in [0.3, 0.4) is 0 Å². The van der Waals surface area contributed by atoms with Crippen molar-refractivity contribution in [3.05, 3.63) is 53.6 Å². The van der Waals surface area contributed by atoms with Crippen LogP contribution in [0.4, 0.5) is 5.69 Å². The summed E-state index contributed by atoms with van der Waals surface area (Å²) >= 11 is 0. The summed E-state index contributed by atoms with van der Waals surface area (Å²) in [4.78, 5) is 15.8. The number of amides is 1. The SMILES string of the molecule is COCCCN1CCOc2ccc(CO[C@H]3CN[C@@H](CCN(C)C(C)=O)C[C@@H]3c3ccc(OC)cc3)cc21. The molecule has 8 heteroatoms. The number of carbonyl (C=O) groups is 1. The fourth-order valence-corrected chi connectivity index (χ4v) is 5.31. The standard InChI is InChI=1S/C30H43N3O5/c1-22(34)32(2)14-12-25-19-27(24-7-9-26(36-4)10-8-24)30(20-31-25)38-21-23-6-11-29-28(18-23)33(15-17-37-29)13-5-16-35-3/h6-11,18,25,27,30-31H,5,12-17,19-21H2,1-4H3/t25-,27+,30-/m0/s1. The third kappa shape index (κ3) is 7.40. The Bertz CT molecular complexity index is 1030. The van der Waals surface area contributed by atoms with E-state index < -0.39 is 0 Å². The number of ether oxygens (including phenoxy) is 4. The summed E-state index contributed by atoms with van der Waals surface area (Å²) in [5, 5.41) is 3.68. The summed E-state index contributed by atoms with van der Waals surface area (Å²) in [7, 11) is 5.30. The highest BCUT2D eigenvalue weighted by molar-refractivity contribution is 5.72. The second-order valence-corrected chi connectivity index (χ2v) is 10.3. The van der Waals surface area contributed by atoms with E-state index in [0.717, 1.165) is 74.8 Å². The predicted molar refractivity (Wildman–Crippen MR) is 149 cm³/mol. The maximum Gasteiger partial charge on any atom is 0.219 e. The van der Waals surface area contributed by atoms with Crippen molar-refractivity contribution in [2.45, 2.75) is 50.9 Å². The number of fused-ring (bicyclic) bond motifs is 1. The van der Waals surface area contributed by atoms with Crippen molar-refractivity contribution in [3.63, 3.8) is 0 Å². The number of benzene rings is 2. The van der Waals surface area contributed by atoms with E-state index in [9.17, 15) is 4.79 Å². The number of anilines is 1. The molecule has 3 atom stereocenters. The molecule has 208 valence electrons. The zero-order valence-electron chi connectivity index (χ0n) is 23.3. The zero-order chi connectivity index (χ0) is 26.9. The van der Waals surface area contributed by atoms with Crippen LogP contribution in [0.15, 0.2) is 42.5 Å². The Labute approximate surface area is 227 Å². The quantitative estimate of drug-likeness (QED) is 0.422. The van der Waals surface area contributed by atoms with Crippen LogP contribution >= 0.6 is 0 Å². The molecule has 0 aromatic heterocycles. The van der Waals surface area contributed by atoms with E-state index in [4.69, 9.17) is 18.9 Å². The Hall–Kier alpha value is -2.81. The first-order chi connectivity index (χ1) is 18.5. The summed E-state index contributed by atoms with van der Waals surface area (Å²) in [6.45, 7) is 6.95. The van der Waals surface area contributed by atoms with Crippen molar-refractivity contribution >= 4 is 11.6 Å². The van der Waals surface area contributed by atoms with Crippen LogP contribution in [0, 0.1) is 0 Å². The van der Waals surface area contributed by atoms with Gasteiger partial charge in [-0.1, -0.05) is 18.2 Å². The fraction of sp³-hybridized carbons (Fsp3) is 0.567. The largest absolute Gasteiger partial charge is 0.497 e. The smallest absolute Gasteiger partial charge is 0.219 e. The van der Waals surface area contributed by atoms with Crippen LogP contribution in [0.5, 0.6) is 11.5 Å². The minimum Gasteiger partial charge on any atom is -0.497 e. The van der Waals surface area contributed by atoms with E-state index in [1.165, 1.54) is 5.56 Å². The molecule has 2 aliphatic rings. The van der Waals surface area contributed by atoms with E-state index >= 15 is 0 Å². The molecule has 0 radical (unpaired) electrons. The highest BCUT2D eigenvalue weighted by Crippen LogP contribution is 2.35. The Balaban J connectivity index is 1.44. The highest BCUT2D eigenvalue weighted by atomic mass is 16.5. The van der Waals surface area contributed by atoms with Gasteiger partial charge in [-0.05, 0) is 54.7 Å². The molecule has 2 aromatic carbocycles. The maximum absolute atomic E-state index is 11.7. The molecule has 8 nitrogen and oxygen atoms in total. The van der Waals surface area contributed by atoms with Crippen molar-refractivity contribution in [3.8, 4) is 11.5 Å². The third-order valence-electron chi connectivity index (χ3n) is 7.71. The first-order valence-electron chi connectivity index (χ1n) is 13.7. The number of rotatable bonds is 12. The zero-order valence-corrected chi connectivity index (χ0v) is 23.3. The van der Waals surface area contributed by atoms with Gasteiger partial charge in [-0.15, -0.1) is 0 Å². The molecule has 2 aliphatic heterocycles. The van der Waals surface area contributed by atoms with Crippen LogP contribution in [-0.4, -0.2) is 83.6 Å². The van der Waals surface area contributed by atoms with Gasteiger partial charge in [0.1, 0.15) is 18.1 Å². The maximum atomic E-state index is 11.7. The summed E-state index contributed by atoms with van der Waals surface area (Å²) in [5.74, 6) is 2.14. The number of methoxy groups -OCH3 is 2. The van der Waals surface area contributed by atoms with Gasteiger partial charge < -0.3 is 34.1 Å². The van der Waals surface area contributed by atoms with Gasteiger partial charge in [-0.3, -0.25) is 4.79 Å². The number of hydrogen-bond donors (Lipinski definition) is 1. The first kappa shape index (κ1) is 28.2. The Morgan fingerprint density at radius 3 is 2.74 bits per heavy atom. The molecular formula is C30H43N3O5. The van der Waals surface area contributed by atoms with Gasteiger partial charge in [0.15, 0.2) is 0 Å². The fourth-order valence-electron chi connectivity index (χ4n) is 5.31. The number of nitrogens with zero attached hydrogens (tertiary/aromatic N) is 2. The van der Waals surface area contributed by atoms with Crippen molar-refractivity contribution in [1.82, 2.24) is 10.2 Å². The minimum absolute atomic E-state index is 0.0373. The minimum atomic E-state index is 0.0373. The average molecular weight is 526 g/mol. The Kier molecular flexibility index (Phi) is 10.3. The Morgan fingerprint density at radius 2 is 2.00 bits per heavy atom. The molecule has 0 bridgehead atoms. The lowest BCUT2D eigenvalue weighted by molar-refractivity contribution is -0.127. The molecule has 1 saturated heterocycles. The van der Waals surface area contributed by atoms with E-state index in [1.807, 2.05) is 19.2 Å². The van der Waals surface area contributed by atoms with E-state index in [0.29, 0.717) is 19.3 Å². The van der Waals surface area contributed by atoms with Gasteiger partial charge in [0, 0.05) is 59.3 Å². The van der Waals surface area contributed by atoms with Crippen molar-refractivity contribution in [2.75, 3.05) is 65.6 Å². The van der Waals surface area contributed by atoms with E-state index in [1.54, 1.807) is 26.0 Å². The van der Waals surface area contributed by atoms with Crippen molar-refractivity contribution in [1.29, 1.82) is 0 Å². The molecule has 1 N–H and O–H groups in total. The van der Waals surface area contributed by atoms with Gasteiger partial charge >= 0.3 is 0 Å². The summed E-state index contributed by atoms with van der Waals surface area (Å²) < 4.78 is 23.1. The topological polar surface area (TPSA) is 72.5 Å². The number of hydrogen-bond acceptors (Lipinski definition) is 7. The first-order valence-corrected chi connectivity index (χ1v) is 13.7. The van der Waals surface area contributed by atoms with E-state index in [-0.39, 0.29) is 17.9 Å². The Morgan fingerprint density at radius 1 is 1.18 bits per heavy atom. The van der Waals surface area contributed by atoms with Gasteiger partial charge in [-0.2, -0.15) is 0 Å². The van der Waals surface area contributed by atoms with Crippen molar-refractivity contribution in [2.24, 2.45) is 0 Å². The second kappa shape index (κ2) is 13.8. The number of carbonyl (C=O) groups excluding carboxylic acids is 1. The lowest BCUT2D eigenvalue weighted by atomic mass is 9.83. The molecule has 1 fully saturated rings. The van der Waals surface area contributed by atoms with Gasteiger partial charge in [0.2, 0.25) is 5.91 Å². The van der Waals surface area contributed by atoms with Gasteiger partial charge in [0.05, 0.1) is 32.1 Å². The van der Waals surface area contributed by atoms with Crippen molar-refractivity contribution < 1.29 is 23.7 Å². The van der Waals surface area contributed by atoms with E-state index in [2.05, 4.69) is 40.5 Å². The lowest BCUT2D eigenvalue weighted by Crippen LogP contribution is -2.48. The predicted octanol–water partition coefficient (Wildman–Crippen LogP) is 3.83. The summed E-state index contributed by atoms with van der Waals surface area (Å²) in [5.41, 5.74) is 3.53. The summed E-state index contributed by atoms with van der Waals surface area (Å²) in [6.07, 6.45) is 2.89. The second-order valence-electron chi connectivity index (χ2n) is 10.3. The molecule has 2 aromatic rings. The molecule has 38 heavy (non-hydrogen) atoms. The average Bonchev–Trinajstić information content (AvgIpc) is 2.95. The number of piperidine rings is 1. The normalized spacial score (nSPS) is 20.9. The van der Waals surface area contributed by atoms with Gasteiger partial charge in [-0.25, -0.2) is 0 Å². The summed E-state index contributed by atoms with van der Waals surface area (Å²) in [6, 6.07) is 15.1. The molecule has 1 amide bonds. The van der Waals surface area contributed by atoms with Crippen LogP contribution in [0.1, 0.15) is 43.2 Å². The van der Waals surface area contributed by atoms with Crippen LogP contribution in [0.25, 0.3) is 0 Å². The lowest BCUT2D eigenvalue weighted by Gasteiger charge is -2.38. The highest BCUT2D eigenvalue weighted by Gasteiger charge is 2.32. The number of nitrogens with one attached hydrogen (secondary N) is 1. The molecule has 0 saturated carbocycles. The third-order valence-corrected chi connectivity index (χ3v) is 7.71. The molecular weight excluding hydrogens is 482 g/mol. The molecule has 0 spiro atoms. The van der Waals surface area contributed by atoms with Crippen LogP contribution in [0.2, 0.25) is 0 Å².